The zero-order chi connectivity index (χ0) is 17.8. The van der Waals surface area contributed by atoms with E-state index in [0.717, 1.165) is 5.56 Å². The number of amides is 1. The number of nitrogens with zero attached hydrogens (tertiary/aromatic N) is 3. The third kappa shape index (κ3) is 3.74. The highest BCUT2D eigenvalue weighted by Gasteiger charge is 2.14. The van der Waals surface area contributed by atoms with E-state index in [9.17, 15) is 14.0 Å². The maximum Gasteiger partial charge on any atom is 0.261 e. The Hall–Kier alpha value is -3.02. The summed E-state index contributed by atoms with van der Waals surface area (Å²) in [5, 5.41) is 0.294. The molecular weight excluding hydrogens is 321 g/mol. The molecule has 0 saturated carbocycles. The van der Waals surface area contributed by atoms with Crippen molar-refractivity contribution < 1.29 is 9.18 Å². The molecule has 1 aromatic heterocycles. The molecule has 1 amide bonds. The Morgan fingerprint density at radius 2 is 1.96 bits per heavy atom. The van der Waals surface area contributed by atoms with E-state index in [2.05, 4.69) is 4.98 Å². The Balaban J connectivity index is 1.82. The Labute approximate surface area is 144 Å². The molecule has 0 aliphatic heterocycles. The maximum atomic E-state index is 13.2. The first kappa shape index (κ1) is 16.8. The molecule has 0 unspecified atom stereocenters. The van der Waals surface area contributed by atoms with Crippen LogP contribution in [0.25, 0.3) is 10.9 Å². The molecule has 0 saturated heterocycles. The zero-order valence-electron chi connectivity index (χ0n) is 13.9. The van der Waals surface area contributed by atoms with Crippen molar-refractivity contribution >= 4 is 16.8 Å². The van der Waals surface area contributed by atoms with Crippen LogP contribution in [-0.4, -0.2) is 26.9 Å². The van der Waals surface area contributed by atoms with Gasteiger partial charge in [0.25, 0.3) is 5.56 Å². The standard InChI is InChI=1S/C19H18FN3O2/c1-2-22(11-14-6-4-3-5-7-14)18(24)12-23-13-21-17-10-15(20)8-9-16(17)19(23)25/h3-10,13H,2,11-12H2,1H3. The van der Waals surface area contributed by atoms with Gasteiger partial charge < -0.3 is 4.90 Å². The lowest BCUT2D eigenvalue weighted by molar-refractivity contribution is -0.132. The number of halogens is 1. The van der Waals surface area contributed by atoms with Crippen molar-refractivity contribution in [2.45, 2.75) is 20.0 Å². The minimum absolute atomic E-state index is 0.0974. The number of carbonyl (C=O) groups excluding carboxylic acids is 1. The second kappa shape index (κ2) is 7.25. The van der Waals surface area contributed by atoms with Crippen LogP contribution in [-0.2, 0) is 17.9 Å². The molecule has 0 radical (unpaired) electrons. The topological polar surface area (TPSA) is 55.2 Å². The van der Waals surface area contributed by atoms with Crippen LogP contribution in [0.3, 0.4) is 0 Å². The highest BCUT2D eigenvalue weighted by molar-refractivity contribution is 5.79. The van der Waals surface area contributed by atoms with Gasteiger partial charge in [0.05, 0.1) is 17.2 Å². The molecule has 5 nitrogen and oxygen atoms in total. The highest BCUT2D eigenvalue weighted by Crippen LogP contribution is 2.09. The number of rotatable bonds is 5. The zero-order valence-corrected chi connectivity index (χ0v) is 13.9. The smallest absolute Gasteiger partial charge is 0.261 e. The predicted molar refractivity (Wildman–Crippen MR) is 93.5 cm³/mol. The van der Waals surface area contributed by atoms with Gasteiger partial charge in [-0.3, -0.25) is 14.2 Å². The largest absolute Gasteiger partial charge is 0.337 e. The maximum absolute atomic E-state index is 13.2. The van der Waals surface area contributed by atoms with Crippen molar-refractivity contribution in [3.05, 3.63) is 76.6 Å². The number of fused-ring (bicyclic) bond motifs is 1. The minimum Gasteiger partial charge on any atom is -0.337 e. The molecule has 0 fully saturated rings. The summed E-state index contributed by atoms with van der Waals surface area (Å²) >= 11 is 0. The molecule has 3 aromatic rings. The Bertz CT molecular complexity index is 954. The van der Waals surface area contributed by atoms with Gasteiger partial charge in [0.1, 0.15) is 12.4 Å². The number of aromatic nitrogens is 2. The van der Waals surface area contributed by atoms with Gasteiger partial charge in [-0.2, -0.15) is 0 Å². The Morgan fingerprint density at radius 3 is 2.68 bits per heavy atom. The Kier molecular flexibility index (Phi) is 4.88. The van der Waals surface area contributed by atoms with E-state index in [1.807, 2.05) is 37.3 Å². The lowest BCUT2D eigenvalue weighted by Gasteiger charge is -2.21. The fourth-order valence-electron chi connectivity index (χ4n) is 2.67. The van der Waals surface area contributed by atoms with Crippen molar-refractivity contribution in [1.29, 1.82) is 0 Å². The van der Waals surface area contributed by atoms with Crippen LogP contribution in [0.4, 0.5) is 4.39 Å². The lowest BCUT2D eigenvalue weighted by atomic mass is 10.2. The molecule has 0 bridgehead atoms. The summed E-state index contributed by atoms with van der Waals surface area (Å²) in [6, 6.07) is 13.5. The van der Waals surface area contributed by atoms with Gasteiger partial charge in [0, 0.05) is 19.2 Å². The molecule has 0 spiro atoms. The van der Waals surface area contributed by atoms with Gasteiger partial charge in [-0.1, -0.05) is 30.3 Å². The van der Waals surface area contributed by atoms with Gasteiger partial charge in [-0.25, -0.2) is 9.37 Å². The first-order chi connectivity index (χ1) is 12.1. The van der Waals surface area contributed by atoms with Crippen LogP contribution in [0.1, 0.15) is 12.5 Å². The Morgan fingerprint density at radius 1 is 1.20 bits per heavy atom. The van der Waals surface area contributed by atoms with E-state index in [4.69, 9.17) is 0 Å². The van der Waals surface area contributed by atoms with Crippen LogP contribution in [0.15, 0.2) is 59.7 Å². The third-order valence-electron chi connectivity index (χ3n) is 4.04. The minimum atomic E-state index is -0.451. The summed E-state index contributed by atoms with van der Waals surface area (Å²) in [7, 11) is 0. The van der Waals surface area contributed by atoms with Crippen molar-refractivity contribution in [1.82, 2.24) is 14.5 Å². The monoisotopic (exact) mass is 339 g/mol. The van der Waals surface area contributed by atoms with E-state index in [1.165, 1.54) is 29.1 Å². The highest BCUT2D eigenvalue weighted by atomic mass is 19.1. The molecule has 0 atom stereocenters. The van der Waals surface area contributed by atoms with E-state index in [-0.39, 0.29) is 23.5 Å². The SMILES string of the molecule is CCN(Cc1ccccc1)C(=O)Cn1cnc2cc(F)ccc2c1=O. The fraction of sp³-hybridized carbons (Fsp3) is 0.211. The van der Waals surface area contributed by atoms with E-state index < -0.39 is 5.82 Å². The average molecular weight is 339 g/mol. The summed E-state index contributed by atoms with van der Waals surface area (Å²) < 4.78 is 14.5. The van der Waals surface area contributed by atoms with Crippen molar-refractivity contribution in [2.75, 3.05) is 6.54 Å². The van der Waals surface area contributed by atoms with E-state index in [0.29, 0.717) is 18.5 Å². The van der Waals surface area contributed by atoms with Crippen LogP contribution in [0, 0.1) is 5.82 Å². The van der Waals surface area contributed by atoms with Crippen LogP contribution >= 0.6 is 0 Å². The third-order valence-corrected chi connectivity index (χ3v) is 4.04. The van der Waals surface area contributed by atoms with Crippen LogP contribution in [0.5, 0.6) is 0 Å². The summed E-state index contributed by atoms with van der Waals surface area (Å²) in [4.78, 5) is 30.8. The van der Waals surface area contributed by atoms with Crippen molar-refractivity contribution in [3.8, 4) is 0 Å². The number of carbonyl (C=O) groups is 1. The molecule has 0 aliphatic rings. The summed E-state index contributed by atoms with van der Waals surface area (Å²) in [6.45, 7) is 2.82. The first-order valence-electron chi connectivity index (χ1n) is 8.05. The first-order valence-corrected chi connectivity index (χ1v) is 8.05. The predicted octanol–water partition coefficient (Wildman–Crippen LogP) is 2.58. The van der Waals surface area contributed by atoms with Crippen molar-refractivity contribution in [3.63, 3.8) is 0 Å². The van der Waals surface area contributed by atoms with Crippen molar-refractivity contribution in [2.24, 2.45) is 0 Å². The molecule has 1 heterocycles. The molecule has 0 aliphatic carbocycles. The molecule has 25 heavy (non-hydrogen) atoms. The number of likely N-dealkylation sites (N-methyl/N-ethyl adjacent to an activating group) is 1. The summed E-state index contributed by atoms with van der Waals surface area (Å²) in [5.41, 5.74) is 0.955. The van der Waals surface area contributed by atoms with Gasteiger partial charge >= 0.3 is 0 Å². The molecule has 128 valence electrons. The molecular formula is C19H18FN3O2. The van der Waals surface area contributed by atoms with Gasteiger partial charge in [-0.05, 0) is 24.6 Å². The normalized spacial score (nSPS) is 10.8. The van der Waals surface area contributed by atoms with Crippen LogP contribution < -0.4 is 5.56 Å². The van der Waals surface area contributed by atoms with Gasteiger partial charge in [-0.15, -0.1) is 0 Å². The lowest BCUT2D eigenvalue weighted by Crippen LogP contribution is -2.36. The number of hydrogen-bond acceptors (Lipinski definition) is 3. The molecule has 6 heteroatoms. The molecule has 2 aromatic carbocycles. The quantitative estimate of drug-likeness (QED) is 0.718. The number of hydrogen-bond donors (Lipinski definition) is 0. The average Bonchev–Trinajstić information content (AvgIpc) is 2.62. The summed E-state index contributed by atoms with van der Waals surface area (Å²) in [6.07, 6.45) is 1.29. The molecule has 0 N–H and O–H groups in total. The molecule has 3 rings (SSSR count). The number of benzene rings is 2. The van der Waals surface area contributed by atoms with E-state index in [1.54, 1.807) is 4.90 Å². The van der Waals surface area contributed by atoms with Gasteiger partial charge in [0.2, 0.25) is 5.91 Å². The van der Waals surface area contributed by atoms with Gasteiger partial charge in [0.15, 0.2) is 0 Å². The fourth-order valence-corrected chi connectivity index (χ4v) is 2.67. The van der Waals surface area contributed by atoms with Crippen LogP contribution in [0.2, 0.25) is 0 Å². The second-order valence-electron chi connectivity index (χ2n) is 5.73. The van der Waals surface area contributed by atoms with E-state index >= 15 is 0 Å². The summed E-state index contributed by atoms with van der Waals surface area (Å²) in [5.74, 6) is -0.620. The second-order valence-corrected chi connectivity index (χ2v) is 5.73.